The van der Waals surface area contributed by atoms with Gasteiger partial charge in [-0.3, -0.25) is 4.90 Å². The quantitative estimate of drug-likeness (QED) is 0.373. The van der Waals surface area contributed by atoms with Crippen LogP contribution in [0.1, 0.15) is 22.3 Å². The highest BCUT2D eigenvalue weighted by Crippen LogP contribution is 2.33. The van der Waals surface area contributed by atoms with Crippen LogP contribution in [-0.4, -0.2) is 72.5 Å². The first-order valence-corrected chi connectivity index (χ1v) is 12.7. The maximum absolute atomic E-state index is 5.61. The number of thiophene rings is 1. The molecule has 3 heterocycles. The van der Waals surface area contributed by atoms with Gasteiger partial charge in [-0.25, -0.2) is 4.68 Å². The van der Waals surface area contributed by atoms with Gasteiger partial charge >= 0.3 is 0 Å². The molecular weight excluding hydrogens is 458 g/mol. The summed E-state index contributed by atoms with van der Waals surface area (Å²) in [5.74, 6) is 1.79. The Balaban J connectivity index is 1.43. The molecule has 1 aliphatic rings. The first-order chi connectivity index (χ1) is 17.1. The Morgan fingerprint density at radius 1 is 0.971 bits per heavy atom. The molecule has 1 aliphatic heterocycles. The van der Waals surface area contributed by atoms with Gasteiger partial charge in [-0.05, 0) is 51.7 Å². The zero-order valence-electron chi connectivity index (χ0n) is 20.4. The topological polar surface area (TPSA) is 62.6 Å². The van der Waals surface area contributed by atoms with Crippen LogP contribution in [0.2, 0.25) is 0 Å². The van der Waals surface area contributed by atoms with Gasteiger partial charge in [0.25, 0.3) is 0 Å². The minimum absolute atomic E-state index is 0.0269. The molecule has 0 spiro atoms. The summed E-state index contributed by atoms with van der Waals surface area (Å²) in [5.41, 5.74) is 3.51. The van der Waals surface area contributed by atoms with E-state index < -0.39 is 0 Å². The minimum Gasteiger partial charge on any atom is -0.495 e. The molecule has 0 amide bonds. The van der Waals surface area contributed by atoms with Crippen molar-refractivity contribution in [3.05, 3.63) is 82.3 Å². The number of methoxy groups -OCH3 is 1. The number of anilines is 2. The number of para-hydroxylation sites is 2. The van der Waals surface area contributed by atoms with Gasteiger partial charge in [0.05, 0.1) is 25.4 Å². The van der Waals surface area contributed by atoms with Gasteiger partial charge in [-0.15, -0.1) is 16.4 Å². The summed E-state index contributed by atoms with van der Waals surface area (Å²) in [4.78, 5) is 8.25. The number of rotatable bonds is 8. The van der Waals surface area contributed by atoms with E-state index in [1.54, 1.807) is 18.4 Å². The van der Waals surface area contributed by atoms with Crippen LogP contribution in [0.4, 0.5) is 11.4 Å². The highest BCUT2D eigenvalue weighted by Gasteiger charge is 2.31. The highest BCUT2D eigenvalue weighted by atomic mass is 32.1. The molecule has 5 rings (SSSR count). The standard InChI is InChI=1S/C26H31N7OS/c1-30(2)21-12-10-20(11-13-21)25(26-27-28-29-33(26)19-22-7-6-18-35-22)32-16-14-31(15-17-32)23-8-4-5-9-24(23)34-3/h4-13,18,25H,14-17,19H2,1-3H3. The van der Waals surface area contributed by atoms with Crippen LogP contribution < -0.4 is 14.5 Å². The summed E-state index contributed by atoms with van der Waals surface area (Å²) in [6.07, 6.45) is 0. The third-order valence-electron chi connectivity index (χ3n) is 6.52. The van der Waals surface area contributed by atoms with E-state index in [0.29, 0.717) is 6.54 Å². The third kappa shape index (κ3) is 5.01. The molecule has 0 radical (unpaired) electrons. The van der Waals surface area contributed by atoms with Crippen LogP contribution >= 0.6 is 11.3 Å². The van der Waals surface area contributed by atoms with E-state index in [1.165, 1.54) is 16.1 Å². The van der Waals surface area contributed by atoms with Crippen molar-refractivity contribution in [3.8, 4) is 5.75 Å². The smallest absolute Gasteiger partial charge is 0.173 e. The van der Waals surface area contributed by atoms with Crippen molar-refractivity contribution >= 4 is 22.7 Å². The van der Waals surface area contributed by atoms with Crippen LogP contribution in [0.25, 0.3) is 0 Å². The lowest BCUT2D eigenvalue weighted by atomic mass is 10.0. The lowest BCUT2D eigenvalue weighted by molar-refractivity contribution is 0.201. The Labute approximate surface area is 210 Å². The second-order valence-electron chi connectivity index (χ2n) is 8.86. The molecule has 1 saturated heterocycles. The molecule has 0 bridgehead atoms. The van der Waals surface area contributed by atoms with E-state index in [1.807, 2.05) is 16.8 Å². The molecule has 4 aromatic rings. The Morgan fingerprint density at radius 2 is 1.74 bits per heavy atom. The van der Waals surface area contributed by atoms with Gasteiger partial charge in [0.2, 0.25) is 0 Å². The number of hydrogen-bond donors (Lipinski definition) is 0. The van der Waals surface area contributed by atoms with Crippen LogP contribution in [0, 0.1) is 0 Å². The molecule has 182 valence electrons. The van der Waals surface area contributed by atoms with Crippen LogP contribution in [0.3, 0.4) is 0 Å². The molecule has 2 aromatic heterocycles. The second-order valence-corrected chi connectivity index (χ2v) is 9.89. The summed E-state index contributed by atoms with van der Waals surface area (Å²) in [6, 6.07) is 21.2. The largest absolute Gasteiger partial charge is 0.495 e. The lowest BCUT2D eigenvalue weighted by Gasteiger charge is -2.40. The van der Waals surface area contributed by atoms with Crippen molar-refractivity contribution in [2.45, 2.75) is 12.6 Å². The van der Waals surface area contributed by atoms with E-state index in [4.69, 9.17) is 4.74 Å². The fourth-order valence-electron chi connectivity index (χ4n) is 4.66. The Kier molecular flexibility index (Phi) is 6.96. The Bertz CT molecular complexity index is 1210. The number of hydrogen-bond acceptors (Lipinski definition) is 8. The molecule has 2 aromatic carbocycles. The number of ether oxygens (including phenoxy) is 1. The summed E-state index contributed by atoms with van der Waals surface area (Å²) in [6.45, 7) is 4.26. The monoisotopic (exact) mass is 489 g/mol. The van der Waals surface area contributed by atoms with Gasteiger partial charge in [0.15, 0.2) is 5.82 Å². The molecular formula is C26H31N7OS. The van der Waals surface area contributed by atoms with Crippen molar-refractivity contribution < 1.29 is 4.74 Å². The molecule has 8 nitrogen and oxygen atoms in total. The van der Waals surface area contributed by atoms with Gasteiger partial charge in [0, 0.05) is 50.8 Å². The van der Waals surface area contributed by atoms with Crippen molar-refractivity contribution in [2.75, 3.05) is 57.2 Å². The summed E-state index contributed by atoms with van der Waals surface area (Å²) in [7, 11) is 5.85. The normalized spacial score (nSPS) is 15.2. The summed E-state index contributed by atoms with van der Waals surface area (Å²) < 4.78 is 7.56. The number of benzene rings is 2. The number of aromatic nitrogens is 4. The molecule has 0 N–H and O–H groups in total. The predicted molar refractivity (Wildman–Crippen MR) is 141 cm³/mol. The van der Waals surface area contributed by atoms with Crippen LogP contribution in [-0.2, 0) is 6.54 Å². The number of piperazine rings is 1. The number of nitrogens with zero attached hydrogens (tertiary/aromatic N) is 7. The van der Waals surface area contributed by atoms with Gasteiger partial charge < -0.3 is 14.5 Å². The molecule has 35 heavy (non-hydrogen) atoms. The van der Waals surface area contributed by atoms with E-state index in [9.17, 15) is 0 Å². The maximum Gasteiger partial charge on any atom is 0.173 e. The molecule has 1 unspecified atom stereocenters. The number of tetrazole rings is 1. The average Bonchev–Trinajstić information content (AvgIpc) is 3.58. The molecule has 9 heteroatoms. The van der Waals surface area contributed by atoms with Crippen LogP contribution in [0.5, 0.6) is 5.75 Å². The summed E-state index contributed by atoms with van der Waals surface area (Å²) in [5, 5.41) is 15.1. The lowest BCUT2D eigenvalue weighted by Crippen LogP contribution is -2.48. The average molecular weight is 490 g/mol. The van der Waals surface area contributed by atoms with Crippen LogP contribution in [0.15, 0.2) is 66.0 Å². The predicted octanol–water partition coefficient (Wildman–Crippen LogP) is 3.77. The minimum atomic E-state index is -0.0269. The van der Waals surface area contributed by atoms with E-state index >= 15 is 0 Å². The molecule has 0 saturated carbocycles. The van der Waals surface area contributed by atoms with Crippen molar-refractivity contribution in [1.29, 1.82) is 0 Å². The van der Waals surface area contributed by atoms with Crippen molar-refractivity contribution in [2.24, 2.45) is 0 Å². The fraction of sp³-hybridized carbons (Fsp3) is 0.346. The second kappa shape index (κ2) is 10.5. The van der Waals surface area contributed by atoms with Gasteiger partial charge in [-0.2, -0.15) is 0 Å². The van der Waals surface area contributed by atoms with Crippen molar-refractivity contribution in [1.82, 2.24) is 25.1 Å². The SMILES string of the molecule is COc1ccccc1N1CCN(C(c2ccc(N(C)C)cc2)c2nnnn2Cc2cccs2)CC1. The molecule has 1 atom stereocenters. The Hall–Kier alpha value is -3.43. The maximum atomic E-state index is 5.61. The van der Waals surface area contributed by atoms with E-state index in [0.717, 1.165) is 43.4 Å². The van der Waals surface area contributed by atoms with Crippen molar-refractivity contribution in [3.63, 3.8) is 0 Å². The van der Waals surface area contributed by atoms with E-state index in [2.05, 4.69) is 98.2 Å². The first-order valence-electron chi connectivity index (χ1n) is 11.8. The first kappa shape index (κ1) is 23.3. The highest BCUT2D eigenvalue weighted by molar-refractivity contribution is 7.09. The third-order valence-corrected chi connectivity index (χ3v) is 7.38. The van der Waals surface area contributed by atoms with Gasteiger partial charge in [-0.1, -0.05) is 30.3 Å². The Morgan fingerprint density at radius 3 is 2.43 bits per heavy atom. The summed E-state index contributed by atoms with van der Waals surface area (Å²) >= 11 is 1.73. The van der Waals surface area contributed by atoms with E-state index in [-0.39, 0.29) is 6.04 Å². The molecule has 0 aliphatic carbocycles. The zero-order chi connectivity index (χ0) is 24.2. The zero-order valence-corrected chi connectivity index (χ0v) is 21.2. The van der Waals surface area contributed by atoms with Gasteiger partial charge in [0.1, 0.15) is 5.75 Å². The molecule has 1 fully saturated rings. The fourth-order valence-corrected chi connectivity index (χ4v) is 5.35.